The molecule has 134 valence electrons. The van der Waals surface area contributed by atoms with Crippen molar-refractivity contribution in [1.82, 2.24) is 9.21 Å². The second kappa shape index (κ2) is 6.90. The molecule has 1 heterocycles. The average molecular weight is 375 g/mol. The fourth-order valence-electron chi connectivity index (χ4n) is 2.48. The van der Waals surface area contributed by atoms with Gasteiger partial charge in [0, 0.05) is 31.2 Å². The van der Waals surface area contributed by atoms with E-state index in [1.807, 2.05) is 0 Å². The van der Waals surface area contributed by atoms with Crippen LogP contribution in [0.1, 0.15) is 26.3 Å². The molecule has 0 N–H and O–H groups in total. The van der Waals surface area contributed by atoms with E-state index in [1.165, 1.54) is 15.3 Å². The van der Waals surface area contributed by atoms with Gasteiger partial charge < -0.3 is 9.64 Å². The zero-order valence-electron chi connectivity index (χ0n) is 14.4. The molecule has 2 rings (SSSR count). The highest BCUT2D eigenvalue weighted by molar-refractivity contribution is 7.89. The molecule has 0 aliphatic carbocycles. The van der Waals surface area contributed by atoms with Gasteiger partial charge in [0.1, 0.15) is 5.60 Å². The first-order valence-electron chi connectivity index (χ1n) is 7.75. The number of carbonyl (C=O) groups is 1. The number of halogens is 1. The zero-order chi connectivity index (χ0) is 18.1. The highest BCUT2D eigenvalue weighted by Gasteiger charge is 2.32. The summed E-state index contributed by atoms with van der Waals surface area (Å²) < 4.78 is 32.3. The van der Waals surface area contributed by atoms with Gasteiger partial charge in [0.05, 0.1) is 4.90 Å². The average Bonchev–Trinajstić information content (AvgIpc) is 2.45. The summed E-state index contributed by atoms with van der Waals surface area (Å²) >= 11 is 5.89. The number of nitrogens with zero attached hydrogens (tertiary/aromatic N) is 2. The third-order valence-electron chi connectivity index (χ3n) is 3.65. The number of rotatable bonds is 2. The van der Waals surface area contributed by atoms with Crippen molar-refractivity contribution in [1.29, 1.82) is 0 Å². The van der Waals surface area contributed by atoms with E-state index in [9.17, 15) is 13.2 Å². The van der Waals surface area contributed by atoms with Crippen molar-refractivity contribution in [2.24, 2.45) is 0 Å². The second-order valence-electron chi connectivity index (χ2n) is 6.78. The SMILES string of the molecule is Cc1cc(Cl)ccc1S(=O)(=O)N1CCN(C(=O)OC(C)(C)C)CC1. The Morgan fingerprint density at radius 3 is 2.25 bits per heavy atom. The number of hydrogen-bond acceptors (Lipinski definition) is 4. The Morgan fingerprint density at radius 1 is 1.17 bits per heavy atom. The molecular formula is C16H23ClN2O4S. The van der Waals surface area contributed by atoms with Crippen LogP contribution in [0.15, 0.2) is 23.1 Å². The molecule has 1 aliphatic rings. The molecule has 0 bridgehead atoms. The Kier molecular flexibility index (Phi) is 5.47. The third kappa shape index (κ3) is 4.40. The van der Waals surface area contributed by atoms with E-state index in [0.717, 1.165) is 0 Å². The van der Waals surface area contributed by atoms with Gasteiger partial charge in [-0.3, -0.25) is 0 Å². The molecule has 0 saturated carbocycles. The molecule has 0 unspecified atom stereocenters. The molecule has 0 spiro atoms. The van der Waals surface area contributed by atoms with Gasteiger partial charge in [-0.25, -0.2) is 13.2 Å². The highest BCUT2D eigenvalue weighted by atomic mass is 35.5. The number of piperazine rings is 1. The molecule has 0 radical (unpaired) electrons. The van der Waals surface area contributed by atoms with Crippen LogP contribution in [0.5, 0.6) is 0 Å². The van der Waals surface area contributed by atoms with Gasteiger partial charge in [-0.05, 0) is 51.5 Å². The summed E-state index contributed by atoms with van der Waals surface area (Å²) in [4.78, 5) is 13.8. The lowest BCUT2D eigenvalue weighted by Gasteiger charge is -2.35. The maximum atomic E-state index is 12.8. The number of ether oxygens (including phenoxy) is 1. The van der Waals surface area contributed by atoms with Gasteiger partial charge in [-0.1, -0.05) is 11.6 Å². The summed E-state index contributed by atoms with van der Waals surface area (Å²) in [6, 6.07) is 4.72. The van der Waals surface area contributed by atoms with Gasteiger partial charge in [-0.15, -0.1) is 0 Å². The fraction of sp³-hybridized carbons (Fsp3) is 0.562. The van der Waals surface area contributed by atoms with Crippen LogP contribution in [-0.4, -0.2) is 55.5 Å². The van der Waals surface area contributed by atoms with E-state index in [1.54, 1.807) is 39.8 Å². The fourth-order valence-corrected chi connectivity index (χ4v) is 4.33. The van der Waals surface area contributed by atoms with E-state index < -0.39 is 21.7 Å². The van der Waals surface area contributed by atoms with Crippen molar-refractivity contribution < 1.29 is 17.9 Å². The molecule has 1 amide bonds. The minimum atomic E-state index is -3.60. The lowest BCUT2D eigenvalue weighted by atomic mass is 10.2. The second-order valence-corrected chi connectivity index (χ2v) is 9.12. The Morgan fingerprint density at radius 2 is 1.75 bits per heavy atom. The molecule has 1 fully saturated rings. The summed E-state index contributed by atoms with van der Waals surface area (Å²) in [7, 11) is -3.60. The summed E-state index contributed by atoms with van der Waals surface area (Å²) in [6.07, 6.45) is -0.415. The third-order valence-corrected chi connectivity index (χ3v) is 5.94. The van der Waals surface area contributed by atoms with Crippen LogP contribution in [0, 0.1) is 6.92 Å². The Labute approximate surface area is 148 Å². The van der Waals surface area contributed by atoms with Crippen LogP contribution < -0.4 is 0 Å². The van der Waals surface area contributed by atoms with Crippen LogP contribution in [0.3, 0.4) is 0 Å². The van der Waals surface area contributed by atoms with E-state index in [0.29, 0.717) is 23.7 Å². The summed E-state index contributed by atoms with van der Waals surface area (Å²) in [5, 5.41) is 0.501. The topological polar surface area (TPSA) is 66.9 Å². The monoisotopic (exact) mass is 374 g/mol. The van der Waals surface area contributed by atoms with Gasteiger partial charge >= 0.3 is 6.09 Å². The lowest BCUT2D eigenvalue weighted by Crippen LogP contribution is -2.51. The maximum Gasteiger partial charge on any atom is 0.410 e. The first-order valence-corrected chi connectivity index (χ1v) is 9.57. The van der Waals surface area contributed by atoms with Gasteiger partial charge in [0.15, 0.2) is 0 Å². The molecule has 24 heavy (non-hydrogen) atoms. The van der Waals surface area contributed by atoms with Gasteiger partial charge in [0.2, 0.25) is 10.0 Å². The smallest absolute Gasteiger partial charge is 0.410 e. The number of benzene rings is 1. The molecule has 0 atom stereocenters. The van der Waals surface area contributed by atoms with E-state index in [4.69, 9.17) is 16.3 Å². The first-order chi connectivity index (χ1) is 11.0. The summed E-state index contributed by atoms with van der Waals surface area (Å²) in [5.74, 6) is 0. The van der Waals surface area contributed by atoms with Crippen molar-refractivity contribution in [3.8, 4) is 0 Å². The Hall–Kier alpha value is -1.31. The van der Waals surface area contributed by atoms with Gasteiger partial charge in [0.25, 0.3) is 0 Å². The van der Waals surface area contributed by atoms with Crippen molar-refractivity contribution >= 4 is 27.7 Å². The number of carbonyl (C=O) groups excluding carboxylic acids is 1. The lowest BCUT2D eigenvalue weighted by molar-refractivity contribution is 0.0192. The molecule has 1 aliphatic heterocycles. The van der Waals surface area contributed by atoms with Crippen molar-refractivity contribution in [3.05, 3.63) is 28.8 Å². The van der Waals surface area contributed by atoms with Crippen molar-refractivity contribution in [2.45, 2.75) is 38.2 Å². The number of amides is 1. The number of sulfonamides is 1. The molecule has 6 nitrogen and oxygen atoms in total. The molecule has 8 heteroatoms. The number of aryl methyl sites for hydroxylation is 1. The van der Waals surface area contributed by atoms with Crippen LogP contribution >= 0.6 is 11.6 Å². The van der Waals surface area contributed by atoms with Crippen LogP contribution in [0.4, 0.5) is 4.79 Å². The molecular weight excluding hydrogens is 352 g/mol. The van der Waals surface area contributed by atoms with Crippen LogP contribution in [0.2, 0.25) is 5.02 Å². The van der Waals surface area contributed by atoms with E-state index in [2.05, 4.69) is 0 Å². The first kappa shape index (κ1) is 19.0. The van der Waals surface area contributed by atoms with E-state index >= 15 is 0 Å². The quantitative estimate of drug-likeness (QED) is 0.798. The zero-order valence-corrected chi connectivity index (χ0v) is 15.9. The molecule has 1 aromatic carbocycles. The van der Waals surface area contributed by atoms with Crippen molar-refractivity contribution in [3.63, 3.8) is 0 Å². The normalized spacial score (nSPS) is 17.0. The number of hydrogen-bond donors (Lipinski definition) is 0. The standard InChI is InChI=1S/C16H23ClN2O4S/c1-12-11-13(17)5-6-14(12)24(21,22)19-9-7-18(8-10-19)15(20)23-16(2,3)4/h5-6,11H,7-10H2,1-4H3. The van der Waals surface area contributed by atoms with Crippen molar-refractivity contribution in [2.75, 3.05) is 26.2 Å². The minimum absolute atomic E-state index is 0.240. The molecule has 1 aromatic rings. The predicted molar refractivity (Wildman–Crippen MR) is 92.8 cm³/mol. The maximum absolute atomic E-state index is 12.8. The Balaban J connectivity index is 2.07. The molecule has 1 saturated heterocycles. The van der Waals surface area contributed by atoms with Crippen LogP contribution in [0.25, 0.3) is 0 Å². The molecule has 0 aromatic heterocycles. The highest BCUT2D eigenvalue weighted by Crippen LogP contribution is 2.24. The largest absolute Gasteiger partial charge is 0.444 e. The van der Waals surface area contributed by atoms with E-state index in [-0.39, 0.29) is 18.0 Å². The Bertz CT molecular complexity index is 720. The summed E-state index contributed by atoms with van der Waals surface area (Å²) in [6.45, 7) is 8.21. The van der Waals surface area contributed by atoms with Gasteiger partial charge in [-0.2, -0.15) is 4.31 Å². The predicted octanol–water partition coefficient (Wildman–Crippen LogP) is 2.89. The van der Waals surface area contributed by atoms with Crippen LogP contribution in [-0.2, 0) is 14.8 Å². The summed E-state index contributed by atoms with van der Waals surface area (Å²) in [5.41, 5.74) is 0.0397. The minimum Gasteiger partial charge on any atom is -0.444 e.